The number of nitrogens with zero attached hydrogens (tertiary/aromatic N) is 2. The second kappa shape index (κ2) is 9.88. The van der Waals surface area contributed by atoms with Crippen LogP contribution in [0.1, 0.15) is 29.2 Å². The average molecular weight is 470 g/mol. The van der Waals surface area contributed by atoms with Crippen molar-refractivity contribution in [2.24, 2.45) is 0 Å². The zero-order valence-electron chi connectivity index (χ0n) is 16.2. The van der Waals surface area contributed by atoms with Crippen LogP contribution in [0.15, 0.2) is 47.3 Å². The lowest BCUT2D eigenvalue weighted by Crippen LogP contribution is -2.41. The molecule has 30 heavy (non-hydrogen) atoms. The number of fused-ring (bicyclic) bond motifs is 1. The van der Waals surface area contributed by atoms with Crippen molar-refractivity contribution < 1.29 is 4.79 Å². The fourth-order valence-corrected chi connectivity index (χ4v) is 4.31. The Kier molecular flexibility index (Phi) is 7.47. The van der Waals surface area contributed by atoms with E-state index in [1.165, 1.54) is 0 Å². The number of aromatic amines is 1. The number of likely N-dealkylation sites (tertiary alicyclic amines) is 1. The van der Waals surface area contributed by atoms with Gasteiger partial charge in [-0.1, -0.05) is 35.3 Å². The highest BCUT2D eigenvalue weighted by Crippen LogP contribution is 2.24. The molecule has 1 amide bonds. The summed E-state index contributed by atoms with van der Waals surface area (Å²) >= 11 is 12.0. The van der Waals surface area contributed by atoms with Gasteiger partial charge in [0.25, 0.3) is 5.91 Å². The van der Waals surface area contributed by atoms with Crippen molar-refractivity contribution >= 4 is 52.5 Å². The quantitative estimate of drug-likeness (QED) is 0.590. The lowest BCUT2D eigenvalue weighted by atomic mass is 10.0. The van der Waals surface area contributed by atoms with Crippen molar-refractivity contribution in [1.29, 1.82) is 0 Å². The third-order valence-electron chi connectivity index (χ3n) is 5.43. The molecule has 0 radical (unpaired) electrons. The standard InChI is InChI=1S/C21H22Cl2N4O2.ClH/c22-14-5-6-17(23)16(13-14)20(28)24-9-12-26-10-7-15(8-11-26)27-19-4-2-1-3-18(19)25-21(27)29;/h1-6,13,15H,7-12H2,(H,24,28)(H,25,29);1H. The molecule has 1 saturated heterocycles. The van der Waals surface area contributed by atoms with Crippen LogP contribution in [0.3, 0.4) is 0 Å². The van der Waals surface area contributed by atoms with Gasteiger partial charge in [0.1, 0.15) is 0 Å². The smallest absolute Gasteiger partial charge is 0.326 e. The lowest BCUT2D eigenvalue weighted by molar-refractivity contribution is 0.0944. The Hall–Kier alpha value is -1.99. The number of rotatable bonds is 5. The summed E-state index contributed by atoms with van der Waals surface area (Å²) in [6.45, 7) is 3.04. The van der Waals surface area contributed by atoms with E-state index in [1.54, 1.807) is 18.2 Å². The van der Waals surface area contributed by atoms with E-state index >= 15 is 0 Å². The van der Waals surface area contributed by atoms with E-state index in [0.29, 0.717) is 22.2 Å². The maximum atomic E-state index is 12.4. The monoisotopic (exact) mass is 468 g/mol. The van der Waals surface area contributed by atoms with Gasteiger partial charge in [0.15, 0.2) is 0 Å². The predicted octanol–water partition coefficient (Wildman–Crippen LogP) is 4.13. The summed E-state index contributed by atoms with van der Waals surface area (Å²) in [5.74, 6) is -0.224. The SMILES string of the molecule is Cl.O=C(NCCN1CCC(n2c(=O)[nH]c3ccccc32)CC1)c1cc(Cl)ccc1Cl. The average Bonchev–Trinajstić information content (AvgIpc) is 3.06. The fourth-order valence-electron chi connectivity index (χ4n) is 3.93. The topological polar surface area (TPSA) is 70.1 Å². The Morgan fingerprint density at radius 2 is 1.87 bits per heavy atom. The Bertz CT molecular complexity index is 1090. The van der Waals surface area contributed by atoms with Crippen molar-refractivity contribution in [1.82, 2.24) is 19.8 Å². The van der Waals surface area contributed by atoms with E-state index in [4.69, 9.17) is 23.2 Å². The van der Waals surface area contributed by atoms with Crippen LogP contribution in [0.5, 0.6) is 0 Å². The molecular formula is C21H23Cl3N4O2. The molecule has 2 heterocycles. The first-order valence-electron chi connectivity index (χ1n) is 9.68. The molecule has 0 atom stereocenters. The first-order valence-corrected chi connectivity index (χ1v) is 10.4. The lowest BCUT2D eigenvalue weighted by Gasteiger charge is -2.32. The molecule has 0 aliphatic carbocycles. The van der Waals surface area contributed by atoms with Crippen molar-refractivity contribution in [3.8, 4) is 0 Å². The molecular weight excluding hydrogens is 447 g/mol. The maximum Gasteiger partial charge on any atom is 0.326 e. The van der Waals surface area contributed by atoms with Crippen LogP contribution in [0.25, 0.3) is 11.0 Å². The maximum absolute atomic E-state index is 12.4. The van der Waals surface area contributed by atoms with Gasteiger partial charge in [0, 0.05) is 37.2 Å². The molecule has 1 aromatic heterocycles. The van der Waals surface area contributed by atoms with Crippen molar-refractivity contribution in [2.45, 2.75) is 18.9 Å². The minimum atomic E-state index is -0.224. The van der Waals surface area contributed by atoms with Gasteiger partial charge in [-0.05, 0) is 43.2 Å². The molecule has 2 N–H and O–H groups in total. The Labute approximate surface area is 190 Å². The summed E-state index contributed by atoms with van der Waals surface area (Å²) in [7, 11) is 0. The van der Waals surface area contributed by atoms with Gasteiger partial charge in [-0.15, -0.1) is 12.4 Å². The summed E-state index contributed by atoms with van der Waals surface area (Å²) < 4.78 is 1.88. The van der Waals surface area contributed by atoms with Crippen molar-refractivity contribution in [3.05, 3.63) is 68.6 Å². The molecule has 0 unspecified atom stereocenters. The summed E-state index contributed by atoms with van der Waals surface area (Å²) in [5.41, 5.74) is 2.18. The third-order valence-corrected chi connectivity index (χ3v) is 6.00. The van der Waals surface area contributed by atoms with Gasteiger partial charge in [-0.25, -0.2) is 4.79 Å². The molecule has 0 spiro atoms. The van der Waals surface area contributed by atoms with Gasteiger partial charge < -0.3 is 15.2 Å². The number of para-hydroxylation sites is 2. The van der Waals surface area contributed by atoms with Crippen LogP contribution in [-0.2, 0) is 0 Å². The second-order valence-electron chi connectivity index (χ2n) is 7.27. The molecule has 0 bridgehead atoms. The molecule has 4 rings (SSSR count). The normalized spacial score (nSPS) is 15.1. The number of nitrogens with one attached hydrogen (secondary N) is 2. The molecule has 2 aromatic carbocycles. The minimum absolute atomic E-state index is 0. The summed E-state index contributed by atoms with van der Waals surface area (Å²) in [4.78, 5) is 29.9. The second-order valence-corrected chi connectivity index (χ2v) is 8.11. The number of hydrogen-bond donors (Lipinski definition) is 2. The number of carbonyl (C=O) groups is 1. The van der Waals surface area contributed by atoms with Gasteiger partial charge >= 0.3 is 5.69 Å². The number of piperidine rings is 1. The Morgan fingerprint density at radius 1 is 1.13 bits per heavy atom. The van der Waals surface area contributed by atoms with E-state index in [-0.39, 0.29) is 30.0 Å². The van der Waals surface area contributed by atoms with Crippen LogP contribution in [0, 0.1) is 0 Å². The molecule has 1 fully saturated rings. The van der Waals surface area contributed by atoms with E-state index in [9.17, 15) is 9.59 Å². The van der Waals surface area contributed by atoms with Crippen LogP contribution in [-0.4, -0.2) is 46.5 Å². The van der Waals surface area contributed by atoms with Gasteiger partial charge in [0.05, 0.1) is 21.6 Å². The largest absolute Gasteiger partial charge is 0.351 e. The predicted molar refractivity (Wildman–Crippen MR) is 123 cm³/mol. The van der Waals surface area contributed by atoms with Crippen LogP contribution in [0.4, 0.5) is 0 Å². The summed E-state index contributed by atoms with van der Waals surface area (Å²) in [5, 5.41) is 3.77. The number of carbonyl (C=O) groups excluding carboxylic acids is 1. The highest BCUT2D eigenvalue weighted by molar-refractivity contribution is 6.35. The fraction of sp³-hybridized carbons (Fsp3) is 0.333. The molecule has 160 valence electrons. The molecule has 3 aromatic rings. The number of H-pyrrole nitrogens is 1. The number of halogens is 3. The first kappa shape index (κ1) is 22.7. The number of imidazole rings is 1. The van der Waals surface area contributed by atoms with Crippen LogP contribution in [0.2, 0.25) is 10.0 Å². The van der Waals surface area contributed by atoms with E-state index in [1.807, 2.05) is 28.8 Å². The van der Waals surface area contributed by atoms with E-state index in [0.717, 1.165) is 43.5 Å². The van der Waals surface area contributed by atoms with Crippen molar-refractivity contribution in [3.63, 3.8) is 0 Å². The summed E-state index contributed by atoms with van der Waals surface area (Å²) in [6, 6.07) is 12.8. The number of hydrogen-bond acceptors (Lipinski definition) is 3. The van der Waals surface area contributed by atoms with Crippen LogP contribution < -0.4 is 11.0 Å². The number of benzene rings is 2. The highest BCUT2D eigenvalue weighted by atomic mass is 35.5. The molecule has 6 nitrogen and oxygen atoms in total. The zero-order chi connectivity index (χ0) is 20.4. The molecule has 9 heteroatoms. The molecule has 1 aliphatic rings. The number of amides is 1. The Morgan fingerprint density at radius 3 is 2.63 bits per heavy atom. The Balaban J connectivity index is 0.00000256. The van der Waals surface area contributed by atoms with Gasteiger partial charge in [-0.3, -0.25) is 9.36 Å². The van der Waals surface area contributed by atoms with Gasteiger partial charge in [0.2, 0.25) is 0 Å². The highest BCUT2D eigenvalue weighted by Gasteiger charge is 2.23. The van der Waals surface area contributed by atoms with Crippen molar-refractivity contribution in [2.75, 3.05) is 26.2 Å². The summed E-state index contributed by atoms with van der Waals surface area (Å²) in [6.07, 6.45) is 1.80. The van der Waals surface area contributed by atoms with E-state index < -0.39 is 0 Å². The van der Waals surface area contributed by atoms with E-state index in [2.05, 4.69) is 15.2 Å². The first-order chi connectivity index (χ1) is 14.0. The zero-order valence-corrected chi connectivity index (χ0v) is 18.6. The molecule has 0 saturated carbocycles. The van der Waals surface area contributed by atoms with Crippen LogP contribution >= 0.6 is 35.6 Å². The van der Waals surface area contributed by atoms with Gasteiger partial charge in [-0.2, -0.15) is 0 Å². The third kappa shape index (κ3) is 4.83. The number of aromatic nitrogens is 2. The minimum Gasteiger partial charge on any atom is -0.351 e. The molecule has 1 aliphatic heterocycles.